The number of hydrazine groups is 1. The minimum atomic E-state index is -0.445. The molecule has 29 heavy (non-hydrogen) atoms. The molecule has 1 saturated carbocycles. The molecule has 2 aromatic rings. The van der Waals surface area contributed by atoms with Crippen LogP contribution < -0.4 is 16.2 Å². The van der Waals surface area contributed by atoms with Gasteiger partial charge >= 0.3 is 6.03 Å². The molecule has 9 heteroatoms. The van der Waals surface area contributed by atoms with Crippen LogP contribution in [0.2, 0.25) is 5.02 Å². The first-order valence-electron chi connectivity index (χ1n) is 9.97. The number of rotatable bonds is 3. The Morgan fingerprint density at radius 1 is 1.28 bits per heavy atom. The molecule has 2 aliphatic heterocycles. The third-order valence-electron chi connectivity index (χ3n) is 6.51. The van der Waals surface area contributed by atoms with Crippen LogP contribution in [0.3, 0.4) is 0 Å². The third kappa shape index (κ3) is 3.49. The van der Waals surface area contributed by atoms with E-state index in [0.717, 1.165) is 18.4 Å². The van der Waals surface area contributed by atoms with E-state index in [1.54, 1.807) is 17.0 Å². The fourth-order valence-electron chi connectivity index (χ4n) is 5.08. The minimum Gasteiger partial charge on any atom is -0.335 e. The topological polar surface area (TPSA) is 74.2 Å². The van der Waals surface area contributed by atoms with Gasteiger partial charge in [-0.2, -0.15) is 5.10 Å². The second kappa shape index (κ2) is 7.27. The fraction of sp³-hybridized carbons (Fsp3) is 0.500. The van der Waals surface area contributed by atoms with Crippen molar-refractivity contribution in [1.29, 1.82) is 0 Å². The number of aryl methyl sites for hydroxylation is 1. The molecule has 2 saturated heterocycles. The van der Waals surface area contributed by atoms with Gasteiger partial charge in [0.25, 0.3) is 0 Å². The highest BCUT2D eigenvalue weighted by Gasteiger charge is 2.47. The molecule has 1 aromatic carbocycles. The zero-order chi connectivity index (χ0) is 20.1. The highest BCUT2D eigenvalue weighted by Crippen LogP contribution is 2.41. The van der Waals surface area contributed by atoms with Gasteiger partial charge in [-0.15, -0.1) is 0 Å². The molecular weight excluding hydrogens is 395 g/mol. The lowest BCUT2D eigenvalue weighted by atomic mass is 9.71. The maximum atomic E-state index is 13.4. The van der Waals surface area contributed by atoms with Crippen LogP contribution in [-0.4, -0.2) is 39.3 Å². The van der Waals surface area contributed by atoms with E-state index in [0.29, 0.717) is 31.0 Å². The van der Waals surface area contributed by atoms with Crippen molar-refractivity contribution < 1.29 is 9.18 Å². The number of halogens is 2. The first kappa shape index (κ1) is 18.8. The molecule has 154 valence electrons. The van der Waals surface area contributed by atoms with Crippen molar-refractivity contribution in [3.8, 4) is 0 Å². The summed E-state index contributed by atoms with van der Waals surface area (Å²) < 4.78 is 15.3. The predicted molar refractivity (Wildman–Crippen MR) is 106 cm³/mol. The number of hydrogen-bond donors (Lipinski definition) is 3. The maximum Gasteiger partial charge on any atom is 0.317 e. The van der Waals surface area contributed by atoms with E-state index in [9.17, 15) is 9.18 Å². The van der Waals surface area contributed by atoms with Crippen LogP contribution in [0.4, 0.5) is 9.18 Å². The van der Waals surface area contributed by atoms with E-state index < -0.39 is 5.82 Å². The van der Waals surface area contributed by atoms with Crippen molar-refractivity contribution in [1.82, 2.24) is 30.8 Å². The van der Waals surface area contributed by atoms with Gasteiger partial charge < -0.3 is 10.2 Å². The Balaban J connectivity index is 1.30. The molecule has 0 bridgehead atoms. The van der Waals surface area contributed by atoms with E-state index in [2.05, 4.69) is 27.5 Å². The third-order valence-corrected chi connectivity index (χ3v) is 6.80. The number of benzene rings is 1. The van der Waals surface area contributed by atoms with Crippen LogP contribution in [0, 0.1) is 17.7 Å². The molecule has 7 nitrogen and oxygen atoms in total. The summed E-state index contributed by atoms with van der Waals surface area (Å²) in [5.41, 5.74) is 8.87. The Morgan fingerprint density at radius 3 is 2.90 bits per heavy atom. The van der Waals surface area contributed by atoms with Gasteiger partial charge in [0, 0.05) is 44.0 Å². The lowest BCUT2D eigenvalue weighted by Gasteiger charge is -2.45. The standard InChI is InChI=1S/C20H24ClFN6O/c1-27-9-13(7-23-27)19-14-5-12-10-28(8-11-2-3-16(22)15(21)4-11)20(29)24-17(12)6-18(14)25-26-19/h2-4,7,9,12,14,17-19,25-26H,5-6,8,10H2,1H3,(H,24,29). The van der Waals surface area contributed by atoms with Gasteiger partial charge in [-0.05, 0) is 42.4 Å². The van der Waals surface area contributed by atoms with Crippen molar-refractivity contribution in [2.45, 2.75) is 37.5 Å². The number of urea groups is 1. The van der Waals surface area contributed by atoms with Gasteiger partial charge in [-0.1, -0.05) is 17.7 Å². The van der Waals surface area contributed by atoms with Crippen LogP contribution in [-0.2, 0) is 13.6 Å². The largest absolute Gasteiger partial charge is 0.335 e. The number of aromatic nitrogens is 2. The summed E-state index contributed by atoms with van der Waals surface area (Å²) in [6.07, 6.45) is 5.89. The van der Waals surface area contributed by atoms with E-state index in [4.69, 9.17) is 11.6 Å². The average Bonchev–Trinajstić information content (AvgIpc) is 3.29. The van der Waals surface area contributed by atoms with Crippen molar-refractivity contribution >= 4 is 17.6 Å². The normalized spacial score (nSPS) is 31.3. The average molecular weight is 419 g/mol. The lowest BCUT2D eigenvalue weighted by molar-refractivity contribution is 0.0961. The molecule has 3 N–H and O–H groups in total. The monoisotopic (exact) mass is 418 g/mol. The van der Waals surface area contributed by atoms with E-state index >= 15 is 0 Å². The minimum absolute atomic E-state index is 0.0695. The van der Waals surface area contributed by atoms with Gasteiger partial charge in [0.15, 0.2) is 0 Å². The smallest absolute Gasteiger partial charge is 0.317 e. The number of amides is 2. The first-order chi connectivity index (χ1) is 14.0. The molecule has 5 unspecified atom stereocenters. The van der Waals surface area contributed by atoms with Crippen LogP contribution >= 0.6 is 11.6 Å². The molecule has 3 fully saturated rings. The highest BCUT2D eigenvalue weighted by molar-refractivity contribution is 6.30. The number of hydrogen-bond acceptors (Lipinski definition) is 4. The second-order valence-corrected chi connectivity index (χ2v) is 8.81. The number of nitrogens with one attached hydrogen (secondary N) is 3. The van der Waals surface area contributed by atoms with Crippen LogP contribution in [0.5, 0.6) is 0 Å². The molecule has 0 spiro atoms. The van der Waals surface area contributed by atoms with Crippen LogP contribution in [0.15, 0.2) is 30.6 Å². The second-order valence-electron chi connectivity index (χ2n) is 8.40. The van der Waals surface area contributed by atoms with Gasteiger partial charge in [0.05, 0.1) is 17.3 Å². The summed E-state index contributed by atoms with van der Waals surface area (Å²) >= 11 is 5.90. The quantitative estimate of drug-likeness (QED) is 0.715. The van der Waals surface area contributed by atoms with Crippen molar-refractivity contribution in [2.24, 2.45) is 18.9 Å². The summed E-state index contributed by atoms with van der Waals surface area (Å²) in [6.45, 7) is 1.11. The Bertz CT molecular complexity index is 935. The van der Waals surface area contributed by atoms with E-state index in [1.807, 2.05) is 17.9 Å². The number of nitrogens with zero attached hydrogens (tertiary/aromatic N) is 3. The van der Waals surface area contributed by atoms with Gasteiger partial charge in [-0.3, -0.25) is 10.1 Å². The van der Waals surface area contributed by atoms with Crippen molar-refractivity contribution in [3.05, 3.63) is 52.6 Å². The van der Waals surface area contributed by atoms with Crippen LogP contribution in [0.25, 0.3) is 0 Å². The summed E-state index contributed by atoms with van der Waals surface area (Å²) in [7, 11) is 1.93. The Hall–Kier alpha value is -2.16. The van der Waals surface area contributed by atoms with Crippen molar-refractivity contribution in [3.63, 3.8) is 0 Å². The van der Waals surface area contributed by atoms with E-state index in [1.165, 1.54) is 11.6 Å². The number of carbonyl (C=O) groups excluding carboxylic acids is 1. The summed E-state index contributed by atoms with van der Waals surface area (Å²) in [4.78, 5) is 14.5. The Morgan fingerprint density at radius 2 is 2.14 bits per heavy atom. The van der Waals surface area contributed by atoms with Gasteiger partial charge in [-0.25, -0.2) is 14.6 Å². The SMILES string of the molecule is Cn1cc(C2NNC3CC4NC(=O)N(Cc5ccc(F)c(Cl)c5)CC4CC32)cn1. The first-order valence-corrected chi connectivity index (χ1v) is 10.3. The molecule has 0 radical (unpaired) electrons. The molecule has 3 heterocycles. The summed E-state index contributed by atoms with van der Waals surface area (Å²) in [5.74, 6) is 0.364. The van der Waals surface area contributed by atoms with Crippen LogP contribution in [0.1, 0.15) is 30.0 Å². The maximum absolute atomic E-state index is 13.4. The molecule has 1 aromatic heterocycles. The number of carbonyl (C=O) groups is 1. The molecule has 2 amide bonds. The molecule has 1 aliphatic carbocycles. The van der Waals surface area contributed by atoms with Crippen molar-refractivity contribution in [2.75, 3.05) is 6.54 Å². The molecule has 5 rings (SSSR count). The predicted octanol–water partition coefficient (Wildman–Crippen LogP) is 2.35. The highest BCUT2D eigenvalue weighted by atomic mass is 35.5. The Labute approximate surface area is 173 Å². The zero-order valence-electron chi connectivity index (χ0n) is 16.1. The molecule has 3 aliphatic rings. The lowest BCUT2D eigenvalue weighted by Crippen LogP contribution is -2.60. The summed E-state index contributed by atoms with van der Waals surface area (Å²) in [5, 5.41) is 7.57. The summed E-state index contributed by atoms with van der Waals surface area (Å²) in [6, 6.07) is 5.26. The number of fused-ring (bicyclic) bond motifs is 2. The van der Waals surface area contributed by atoms with E-state index in [-0.39, 0.29) is 23.1 Å². The van der Waals surface area contributed by atoms with Gasteiger partial charge in [0.2, 0.25) is 0 Å². The Kier molecular flexibility index (Phi) is 4.72. The zero-order valence-corrected chi connectivity index (χ0v) is 16.9. The molecular formula is C20H24ClFN6O. The van der Waals surface area contributed by atoms with Gasteiger partial charge in [0.1, 0.15) is 5.82 Å². The fourth-order valence-corrected chi connectivity index (χ4v) is 5.28. The molecule has 5 atom stereocenters.